The minimum Gasteiger partial charge on any atom is -0.393 e. The Labute approximate surface area is 103 Å². The molecule has 0 saturated heterocycles. The van der Waals surface area contributed by atoms with Gasteiger partial charge in [-0.15, -0.1) is 0 Å². The molecule has 96 valence electrons. The molecular weight excluding hydrogens is 216 g/mol. The summed E-state index contributed by atoms with van der Waals surface area (Å²) in [5.74, 6) is 1.81. The van der Waals surface area contributed by atoms with E-state index in [9.17, 15) is 5.11 Å². The molecule has 0 radical (unpaired) electrons. The van der Waals surface area contributed by atoms with Gasteiger partial charge in [-0.25, -0.2) is 9.97 Å². The fraction of sp³-hybridized carbons (Fsp3) is 0.667. The molecular formula is C12H22N4O. The SMILES string of the molecule is CCc1c(NC)ncnc1N(C)CCC(C)O. The van der Waals surface area contributed by atoms with Crippen molar-refractivity contribution in [3.8, 4) is 0 Å². The average molecular weight is 238 g/mol. The highest BCUT2D eigenvalue weighted by Crippen LogP contribution is 2.22. The summed E-state index contributed by atoms with van der Waals surface area (Å²) >= 11 is 0. The molecule has 0 aliphatic carbocycles. The summed E-state index contributed by atoms with van der Waals surface area (Å²) in [4.78, 5) is 10.6. The first-order chi connectivity index (χ1) is 8.10. The molecule has 5 heteroatoms. The standard InChI is InChI=1S/C12H22N4O/c1-5-10-11(13-3)14-8-15-12(10)16(4)7-6-9(2)17/h8-9,17H,5-7H2,1-4H3,(H,13,14,15). The Morgan fingerprint density at radius 2 is 2.18 bits per heavy atom. The molecule has 0 saturated carbocycles. The molecule has 1 rings (SSSR count). The van der Waals surface area contributed by atoms with Gasteiger partial charge in [-0.1, -0.05) is 6.92 Å². The van der Waals surface area contributed by atoms with Crippen molar-refractivity contribution in [3.05, 3.63) is 11.9 Å². The average Bonchev–Trinajstić information content (AvgIpc) is 2.34. The Hall–Kier alpha value is -1.36. The lowest BCUT2D eigenvalue weighted by Gasteiger charge is -2.22. The highest BCUT2D eigenvalue weighted by molar-refractivity contribution is 5.58. The number of anilines is 2. The van der Waals surface area contributed by atoms with E-state index in [1.54, 1.807) is 13.3 Å². The summed E-state index contributed by atoms with van der Waals surface area (Å²) < 4.78 is 0. The second-order valence-electron chi connectivity index (χ2n) is 4.19. The van der Waals surface area contributed by atoms with E-state index < -0.39 is 0 Å². The molecule has 0 fully saturated rings. The molecule has 1 aromatic rings. The number of aliphatic hydroxyl groups is 1. The third-order valence-electron chi connectivity index (χ3n) is 2.76. The van der Waals surface area contributed by atoms with Crippen molar-refractivity contribution in [2.24, 2.45) is 0 Å². The molecule has 0 aliphatic rings. The van der Waals surface area contributed by atoms with E-state index in [4.69, 9.17) is 0 Å². The summed E-state index contributed by atoms with van der Waals surface area (Å²) in [5.41, 5.74) is 1.11. The van der Waals surface area contributed by atoms with E-state index >= 15 is 0 Å². The van der Waals surface area contributed by atoms with E-state index in [0.717, 1.165) is 36.6 Å². The first-order valence-electron chi connectivity index (χ1n) is 6.01. The summed E-state index contributed by atoms with van der Waals surface area (Å²) in [5, 5.41) is 12.4. The maximum absolute atomic E-state index is 9.30. The van der Waals surface area contributed by atoms with Crippen LogP contribution in [0.15, 0.2) is 6.33 Å². The van der Waals surface area contributed by atoms with Crippen LogP contribution in [-0.4, -0.2) is 41.8 Å². The lowest BCUT2D eigenvalue weighted by Crippen LogP contribution is -2.24. The van der Waals surface area contributed by atoms with E-state index in [2.05, 4.69) is 27.1 Å². The maximum atomic E-state index is 9.30. The first kappa shape index (κ1) is 13.7. The van der Waals surface area contributed by atoms with Crippen molar-refractivity contribution in [1.82, 2.24) is 9.97 Å². The van der Waals surface area contributed by atoms with Crippen molar-refractivity contribution in [2.45, 2.75) is 32.8 Å². The van der Waals surface area contributed by atoms with Crippen molar-refractivity contribution >= 4 is 11.6 Å². The zero-order chi connectivity index (χ0) is 12.8. The van der Waals surface area contributed by atoms with Gasteiger partial charge in [0.1, 0.15) is 18.0 Å². The van der Waals surface area contributed by atoms with Gasteiger partial charge in [0.25, 0.3) is 0 Å². The number of nitrogens with one attached hydrogen (secondary N) is 1. The van der Waals surface area contributed by atoms with Crippen LogP contribution in [0.1, 0.15) is 25.8 Å². The van der Waals surface area contributed by atoms with Gasteiger partial charge in [0, 0.05) is 26.2 Å². The van der Waals surface area contributed by atoms with Crippen molar-refractivity contribution in [2.75, 3.05) is 30.9 Å². The van der Waals surface area contributed by atoms with Crippen LogP contribution in [0.5, 0.6) is 0 Å². The summed E-state index contributed by atoms with van der Waals surface area (Å²) in [6.45, 7) is 4.67. The van der Waals surface area contributed by atoms with Gasteiger partial charge < -0.3 is 15.3 Å². The second-order valence-corrected chi connectivity index (χ2v) is 4.19. The molecule has 0 amide bonds. The van der Waals surface area contributed by atoms with E-state index in [1.165, 1.54) is 0 Å². The second kappa shape index (κ2) is 6.39. The topological polar surface area (TPSA) is 61.3 Å². The van der Waals surface area contributed by atoms with Crippen molar-refractivity contribution in [1.29, 1.82) is 0 Å². The third kappa shape index (κ3) is 3.56. The molecule has 5 nitrogen and oxygen atoms in total. The number of aliphatic hydroxyl groups excluding tert-OH is 1. The lowest BCUT2D eigenvalue weighted by atomic mass is 10.2. The predicted molar refractivity (Wildman–Crippen MR) is 70.5 cm³/mol. The predicted octanol–water partition coefficient (Wildman–Crippen LogP) is 1.29. The molecule has 1 atom stereocenters. The summed E-state index contributed by atoms with van der Waals surface area (Å²) in [7, 11) is 3.85. The zero-order valence-corrected chi connectivity index (χ0v) is 11.1. The van der Waals surface area contributed by atoms with Crippen molar-refractivity contribution in [3.63, 3.8) is 0 Å². The highest BCUT2D eigenvalue weighted by atomic mass is 16.3. The van der Waals surface area contributed by atoms with Crippen LogP contribution in [0, 0.1) is 0 Å². The molecule has 0 aromatic carbocycles. The third-order valence-corrected chi connectivity index (χ3v) is 2.76. The number of rotatable bonds is 6. The minimum atomic E-state index is -0.284. The highest BCUT2D eigenvalue weighted by Gasteiger charge is 2.12. The van der Waals surface area contributed by atoms with Crippen molar-refractivity contribution < 1.29 is 5.11 Å². The Bertz CT molecular complexity index is 354. The molecule has 1 unspecified atom stereocenters. The molecule has 0 bridgehead atoms. The number of aromatic nitrogens is 2. The Morgan fingerprint density at radius 3 is 2.71 bits per heavy atom. The fourth-order valence-electron chi connectivity index (χ4n) is 1.76. The molecule has 17 heavy (non-hydrogen) atoms. The van der Waals surface area contributed by atoms with Crippen LogP contribution in [-0.2, 0) is 6.42 Å². The van der Waals surface area contributed by atoms with Crippen LogP contribution in [0.25, 0.3) is 0 Å². The number of nitrogens with zero attached hydrogens (tertiary/aromatic N) is 3. The smallest absolute Gasteiger partial charge is 0.137 e. The summed E-state index contributed by atoms with van der Waals surface area (Å²) in [6.07, 6.45) is 2.90. The van der Waals surface area contributed by atoms with E-state index in [0.29, 0.717) is 0 Å². The van der Waals surface area contributed by atoms with E-state index in [-0.39, 0.29) is 6.10 Å². The number of hydrogen-bond acceptors (Lipinski definition) is 5. The van der Waals surface area contributed by atoms with Crippen LogP contribution in [0.2, 0.25) is 0 Å². The quantitative estimate of drug-likeness (QED) is 0.782. The number of hydrogen-bond donors (Lipinski definition) is 2. The monoisotopic (exact) mass is 238 g/mol. The Balaban J connectivity index is 2.88. The van der Waals surface area contributed by atoms with Crippen LogP contribution in [0.3, 0.4) is 0 Å². The molecule has 1 heterocycles. The largest absolute Gasteiger partial charge is 0.393 e. The Kier molecular flexibility index (Phi) is 5.15. The summed E-state index contributed by atoms with van der Waals surface area (Å²) in [6, 6.07) is 0. The zero-order valence-electron chi connectivity index (χ0n) is 11.1. The van der Waals surface area contributed by atoms with Crippen LogP contribution >= 0.6 is 0 Å². The maximum Gasteiger partial charge on any atom is 0.137 e. The molecule has 0 spiro atoms. The van der Waals surface area contributed by atoms with Crippen LogP contribution < -0.4 is 10.2 Å². The van der Waals surface area contributed by atoms with Crippen LogP contribution in [0.4, 0.5) is 11.6 Å². The minimum absolute atomic E-state index is 0.284. The first-order valence-corrected chi connectivity index (χ1v) is 6.01. The van der Waals surface area contributed by atoms with Gasteiger partial charge in [0.2, 0.25) is 0 Å². The normalized spacial score (nSPS) is 12.3. The van der Waals surface area contributed by atoms with Gasteiger partial charge in [0.15, 0.2) is 0 Å². The van der Waals surface area contributed by atoms with Gasteiger partial charge in [-0.05, 0) is 19.8 Å². The van der Waals surface area contributed by atoms with Gasteiger partial charge in [-0.2, -0.15) is 0 Å². The molecule has 0 aliphatic heterocycles. The molecule has 1 aromatic heterocycles. The van der Waals surface area contributed by atoms with Gasteiger partial charge >= 0.3 is 0 Å². The Morgan fingerprint density at radius 1 is 1.47 bits per heavy atom. The fourth-order valence-corrected chi connectivity index (χ4v) is 1.76. The van der Waals surface area contributed by atoms with E-state index in [1.807, 2.05) is 14.1 Å². The van der Waals surface area contributed by atoms with Gasteiger partial charge in [-0.3, -0.25) is 0 Å². The van der Waals surface area contributed by atoms with Gasteiger partial charge in [0.05, 0.1) is 6.10 Å². The lowest BCUT2D eigenvalue weighted by molar-refractivity contribution is 0.187. The molecule has 2 N–H and O–H groups in total.